The van der Waals surface area contributed by atoms with E-state index in [1.165, 1.54) is 0 Å². The van der Waals surface area contributed by atoms with Gasteiger partial charge in [-0.05, 0) is 12.3 Å². The summed E-state index contributed by atoms with van der Waals surface area (Å²) in [5.74, 6) is -1.51. The summed E-state index contributed by atoms with van der Waals surface area (Å²) in [5, 5.41) is 14.6. The molecule has 0 fully saturated rings. The molecule has 0 saturated carbocycles. The van der Waals surface area contributed by atoms with Crippen LogP contribution in [0.1, 0.15) is 41.3 Å². The summed E-state index contributed by atoms with van der Waals surface area (Å²) in [5.41, 5.74) is -0.0128. The Balaban J connectivity index is 2.50. The van der Waals surface area contributed by atoms with Gasteiger partial charge in [-0.1, -0.05) is 19.0 Å². The maximum Gasteiger partial charge on any atom is 0.374 e. The SMILES string of the molecule is CC(C)CCNC(=O)c1cc(C(=O)O)on1. The van der Waals surface area contributed by atoms with Crippen molar-refractivity contribution in [2.24, 2.45) is 5.92 Å². The molecule has 0 aliphatic carbocycles. The summed E-state index contributed by atoms with van der Waals surface area (Å²) >= 11 is 0. The Labute approximate surface area is 92.6 Å². The molecule has 0 atom stereocenters. The van der Waals surface area contributed by atoms with Crippen molar-refractivity contribution in [3.8, 4) is 0 Å². The molecule has 0 aromatic carbocycles. The van der Waals surface area contributed by atoms with E-state index in [1.807, 2.05) is 13.8 Å². The highest BCUT2D eigenvalue weighted by molar-refractivity contribution is 5.94. The summed E-state index contributed by atoms with van der Waals surface area (Å²) in [7, 11) is 0. The summed E-state index contributed by atoms with van der Waals surface area (Å²) in [4.78, 5) is 21.9. The van der Waals surface area contributed by atoms with Crippen LogP contribution >= 0.6 is 0 Å². The third kappa shape index (κ3) is 3.38. The lowest BCUT2D eigenvalue weighted by Crippen LogP contribution is -2.25. The monoisotopic (exact) mass is 226 g/mol. The Morgan fingerprint density at radius 1 is 1.56 bits per heavy atom. The Bertz CT molecular complexity index is 384. The number of carboxylic acid groups (broad SMARTS) is 1. The van der Waals surface area contributed by atoms with Gasteiger partial charge in [0.05, 0.1) is 0 Å². The maximum absolute atomic E-state index is 11.4. The molecule has 1 rings (SSSR count). The molecule has 0 spiro atoms. The molecule has 1 amide bonds. The lowest BCUT2D eigenvalue weighted by molar-refractivity contribution is 0.0651. The highest BCUT2D eigenvalue weighted by Gasteiger charge is 2.15. The van der Waals surface area contributed by atoms with Crippen LogP contribution in [0.3, 0.4) is 0 Å². The van der Waals surface area contributed by atoms with E-state index >= 15 is 0 Å². The Kier molecular flexibility index (Phi) is 4.04. The number of carbonyl (C=O) groups is 2. The number of carbonyl (C=O) groups excluding carboxylic acids is 1. The van der Waals surface area contributed by atoms with Crippen molar-refractivity contribution < 1.29 is 19.2 Å². The van der Waals surface area contributed by atoms with Crippen LogP contribution in [0, 0.1) is 5.92 Å². The summed E-state index contributed by atoms with van der Waals surface area (Å²) < 4.78 is 4.46. The van der Waals surface area contributed by atoms with Crippen molar-refractivity contribution in [2.75, 3.05) is 6.54 Å². The average Bonchev–Trinajstić information content (AvgIpc) is 2.65. The zero-order chi connectivity index (χ0) is 12.1. The molecule has 6 heteroatoms. The fourth-order valence-corrected chi connectivity index (χ4v) is 1.05. The second-order valence-corrected chi connectivity index (χ2v) is 3.82. The van der Waals surface area contributed by atoms with E-state index in [0.717, 1.165) is 12.5 Å². The van der Waals surface area contributed by atoms with E-state index in [4.69, 9.17) is 5.11 Å². The number of carboxylic acids is 1. The fraction of sp³-hybridized carbons (Fsp3) is 0.500. The summed E-state index contributed by atoms with van der Waals surface area (Å²) in [6.45, 7) is 4.63. The van der Waals surface area contributed by atoms with E-state index in [2.05, 4.69) is 15.0 Å². The maximum atomic E-state index is 11.4. The highest BCUT2D eigenvalue weighted by Crippen LogP contribution is 2.03. The van der Waals surface area contributed by atoms with Gasteiger partial charge in [0.25, 0.3) is 5.91 Å². The predicted molar refractivity (Wildman–Crippen MR) is 55.3 cm³/mol. The Hall–Kier alpha value is -1.85. The third-order valence-electron chi connectivity index (χ3n) is 1.96. The van der Waals surface area contributed by atoms with E-state index in [1.54, 1.807) is 0 Å². The van der Waals surface area contributed by atoms with Crippen LogP contribution in [0.15, 0.2) is 10.6 Å². The van der Waals surface area contributed by atoms with Crippen LogP contribution < -0.4 is 5.32 Å². The second-order valence-electron chi connectivity index (χ2n) is 3.82. The first-order valence-electron chi connectivity index (χ1n) is 4.99. The number of rotatable bonds is 5. The lowest BCUT2D eigenvalue weighted by Gasteiger charge is -2.04. The molecule has 1 aromatic rings. The molecule has 6 nitrogen and oxygen atoms in total. The molecule has 0 aliphatic rings. The van der Waals surface area contributed by atoms with Crippen LogP contribution in [0.5, 0.6) is 0 Å². The lowest BCUT2D eigenvalue weighted by atomic mass is 10.1. The van der Waals surface area contributed by atoms with Gasteiger partial charge in [0, 0.05) is 12.6 Å². The van der Waals surface area contributed by atoms with Crippen LogP contribution in [0.2, 0.25) is 0 Å². The second kappa shape index (κ2) is 5.29. The third-order valence-corrected chi connectivity index (χ3v) is 1.96. The topological polar surface area (TPSA) is 92.4 Å². The number of nitrogens with zero attached hydrogens (tertiary/aromatic N) is 1. The zero-order valence-corrected chi connectivity index (χ0v) is 9.19. The first-order valence-corrected chi connectivity index (χ1v) is 4.99. The smallest absolute Gasteiger partial charge is 0.374 e. The van der Waals surface area contributed by atoms with Crippen LogP contribution in [-0.4, -0.2) is 28.7 Å². The van der Waals surface area contributed by atoms with Gasteiger partial charge in [0.2, 0.25) is 5.76 Å². The summed E-state index contributed by atoms with van der Waals surface area (Å²) in [6, 6.07) is 1.10. The largest absolute Gasteiger partial charge is 0.475 e. The van der Waals surface area contributed by atoms with Gasteiger partial charge in [-0.3, -0.25) is 4.79 Å². The van der Waals surface area contributed by atoms with Crippen LogP contribution in [-0.2, 0) is 0 Å². The standard InChI is InChI=1S/C10H14N2O4/c1-6(2)3-4-11-9(13)7-5-8(10(14)15)16-12-7/h5-6H,3-4H2,1-2H3,(H,11,13)(H,14,15). The minimum Gasteiger partial charge on any atom is -0.475 e. The van der Waals surface area contributed by atoms with Crippen molar-refractivity contribution >= 4 is 11.9 Å². The molecular weight excluding hydrogens is 212 g/mol. The van der Waals surface area contributed by atoms with Gasteiger partial charge in [0.15, 0.2) is 5.69 Å². The van der Waals surface area contributed by atoms with Gasteiger partial charge in [0.1, 0.15) is 0 Å². The van der Waals surface area contributed by atoms with Gasteiger partial charge in [-0.15, -0.1) is 0 Å². The number of amides is 1. The van der Waals surface area contributed by atoms with E-state index < -0.39 is 11.9 Å². The minimum absolute atomic E-state index is 0.0128. The number of hydrogen-bond acceptors (Lipinski definition) is 4. The molecule has 88 valence electrons. The Morgan fingerprint density at radius 3 is 2.75 bits per heavy atom. The molecule has 0 aliphatic heterocycles. The van der Waals surface area contributed by atoms with Crippen LogP contribution in [0.25, 0.3) is 0 Å². The van der Waals surface area contributed by atoms with Crippen LogP contribution in [0.4, 0.5) is 0 Å². The van der Waals surface area contributed by atoms with Crippen molar-refractivity contribution in [3.63, 3.8) is 0 Å². The van der Waals surface area contributed by atoms with E-state index in [-0.39, 0.29) is 11.5 Å². The molecule has 2 N–H and O–H groups in total. The van der Waals surface area contributed by atoms with Crippen molar-refractivity contribution in [2.45, 2.75) is 20.3 Å². The number of hydrogen-bond donors (Lipinski definition) is 2. The minimum atomic E-state index is -1.24. The quantitative estimate of drug-likeness (QED) is 0.785. The van der Waals surface area contributed by atoms with Crippen molar-refractivity contribution in [3.05, 3.63) is 17.5 Å². The van der Waals surface area contributed by atoms with Crippen molar-refractivity contribution in [1.82, 2.24) is 10.5 Å². The van der Waals surface area contributed by atoms with Gasteiger partial charge >= 0.3 is 5.97 Å². The highest BCUT2D eigenvalue weighted by atomic mass is 16.5. The normalized spacial score (nSPS) is 10.4. The van der Waals surface area contributed by atoms with E-state index in [9.17, 15) is 9.59 Å². The molecule has 0 unspecified atom stereocenters. The first-order chi connectivity index (χ1) is 7.50. The van der Waals surface area contributed by atoms with Gasteiger partial charge in [-0.25, -0.2) is 4.79 Å². The molecule has 0 saturated heterocycles. The Morgan fingerprint density at radius 2 is 2.25 bits per heavy atom. The number of aromatic nitrogens is 1. The molecule has 1 aromatic heterocycles. The van der Waals surface area contributed by atoms with E-state index in [0.29, 0.717) is 12.5 Å². The average molecular weight is 226 g/mol. The molecular formula is C10H14N2O4. The summed E-state index contributed by atoms with van der Waals surface area (Å²) in [6.07, 6.45) is 0.857. The number of nitrogens with one attached hydrogen (secondary N) is 1. The first kappa shape index (κ1) is 12.2. The zero-order valence-electron chi connectivity index (χ0n) is 9.19. The molecule has 0 radical (unpaired) electrons. The predicted octanol–water partition coefficient (Wildman–Crippen LogP) is 1.15. The van der Waals surface area contributed by atoms with Gasteiger partial charge in [-0.2, -0.15) is 0 Å². The molecule has 1 heterocycles. The van der Waals surface area contributed by atoms with Gasteiger partial charge < -0.3 is 14.9 Å². The molecule has 0 bridgehead atoms. The fourth-order valence-electron chi connectivity index (χ4n) is 1.05. The number of aromatic carboxylic acids is 1. The van der Waals surface area contributed by atoms with Crippen molar-refractivity contribution in [1.29, 1.82) is 0 Å². The molecule has 16 heavy (non-hydrogen) atoms.